The van der Waals surface area contributed by atoms with Gasteiger partial charge in [0.15, 0.2) is 0 Å². The second-order valence-corrected chi connectivity index (χ2v) is 5.42. The summed E-state index contributed by atoms with van der Waals surface area (Å²) in [4.78, 5) is 11.1. The van der Waals surface area contributed by atoms with Crippen molar-refractivity contribution in [3.8, 4) is 0 Å². The van der Waals surface area contributed by atoms with E-state index in [4.69, 9.17) is 9.66 Å². The van der Waals surface area contributed by atoms with E-state index in [1.54, 1.807) is 0 Å². The summed E-state index contributed by atoms with van der Waals surface area (Å²) in [5.41, 5.74) is -0.321. The van der Waals surface area contributed by atoms with Crippen LogP contribution >= 0.6 is 0 Å². The van der Waals surface area contributed by atoms with E-state index in [0.717, 1.165) is 0 Å². The molecule has 22 heavy (non-hydrogen) atoms. The molecule has 0 rings (SSSR count). The van der Waals surface area contributed by atoms with Crippen LogP contribution in [0.1, 0.15) is 6.42 Å². The van der Waals surface area contributed by atoms with Crippen LogP contribution in [0, 0.1) is 0 Å². The normalized spacial score (nSPS) is 13.0. The molecule has 0 unspecified atom stereocenters. The molecule has 12 heteroatoms. The van der Waals surface area contributed by atoms with Crippen molar-refractivity contribution in [1.82, 2.24) is 0 Å². The van der Waals surface area contributed by atoms with Gasteiger partial charge in [0.05, 0.1) is 25.4 Å². The van der Waals surface area contributed by atoms with Crippen molar-refractivity contribution in [3.05, 3.63) is 12.2 Å². The molecular weight excluding hydrogens is 340 g/mol. The summed E-state index contributed by atoms with van der Waals surface area (Å²) >= 11 is 0. The zero-order valence-electron chi connectivity index (χ0n) is 11.1. The number of hydrogen-bond acceptors (Lipinski definition) is 6. The molecule has 0 aromatic heterocycles. The second-order valence-electron chi connectivity index (χ2n) is 3.96. The Morgan fingerprint density at radius 3 is 2.18 bits per heavy atom. The number of aliphatic hydroxyl groups is 1. The van der Waals surface area contributed by atoms with Crippen LogP contribution in [-0.4, -0.2) is 61.7 Å². The van der Waals surface area contributed by atoms with Crippen molar-refractivity contribution in [2.24, 2.45) is 0 Å². The van der Waals surface area contributed by atoms with Gasteiger partial charge in [-0.2, -0.15) is 26.0 Å². The zero-order chi connectivity index (χ0) is 17.6. The Morgan fingerprint density at radius 1 is 1.18 bits per heavy atom. The smallest absolute Gasteiger partial charge is 0.431 e. The minimum Gasteiger partial charge on any atom is -0.460 e. The molecule has 0 aliphatic carbocycles. The number of carbonyl (C=O) groups is 1. The summed E-state index contributed by atoms with van der Waals surface area (Å²) in [5, 5.41) is 2.71. The van der Waals surface area contributed by atoms with E-state index >= 15 is 0 Å². The van der Waals surface area contributed by atoms with E-state index in [-0.39, 0.29) is 12.2 Å². The summed E-state index contributed by atoms with van der Waals surface area (Å²) in [6, 6.07) is 0. The van der Waals surface area contributed by atoms with Gasteiger partial charge in [0.25, 0.3) is 0 Å². The second kappa shape index (κ2) is 7.85. The van der Waals surface area contributed by atoms with Gasteiger partial charge in [-0.15, -0.1) is 0 Å². The highest BCUT2D eigenvalue weighted by atomic mass is 32.2. The molecule has 0 bridgehead atoms. The average molecular weight is 354 g/mol. The Labute approximate surface area is 123 Å². The summed E-state index contributed by atoms with van der Waals surface area (Å²) in [5.74, 6) is -6.05. The van der Waals surface area contributed by atoms with Gasteiger partial charge in [-0.05, 0) is 0 Å². The van der Waals surface area contributed by atoms with Gasteiger partial charge in [0.2, 0.25) is 0 Å². The van der Waals surface area contributed by atoms with Gasteiger partial charge in [0, 0.05) is 6.42 Å². The first-order valence-corrected chi connectivity index (χ1v) is 7.07. The molecule has 0 aromatic carbocycles. The molecule has 0 heterocycles. The number of carbonyl (C=O) groups excluding carboxylic acids is 1. The Kier molecular flexibility index (Phi) is 7.41. The summed E-state index contributed by atoms with van der Waals surface area (Å²) < 4.78 is 89.1. The fourth-order valence-corrected chi connectivity index (χ4v) is 1.51. The van der Waals surface area contributed by atoms with Crippen molar-refractivity contribution in [2.45, 2.75) is 17.6 Å². The monoisotopic (exact) mass is 354 g/mol. The largest absolute Gasteiger partial charge is 0.460 e. The lowest BCUT2D eigenvalue weighted by Crippen LogP contribution is -2.47. The first kappa shape index (κ1) is 20.8. The van der Waals surface area contributed by atoms with E-state index in [2.05, 4.69) is 16.1 Å². The third-order valence-electron chi connectivity index (χ3n) is 2.20. The molecule has 2 N–H and O–H groups in total. The van der Waals surface area contributed by atoms with E-state index in [0.29, 0.717) is 0 Å². The molecule has 0 radical (unpaired) electrons. The van der Waals surface area contributed by atoms with E-state index in [1.807, 2.05) is 0 Å². The quantitative estimate of drug-likeness (QED) is 0.194. The van der Waals surface area contributed by atoms with E-state index in [9.17, 15) is 30.8 Å². The maximum atomic E-state index is 13.0. The number of hydrogen-bond donors (Lipinski definition) is 2. The molecule has 0 saturated heterocycles. The third kappa shape index (κ3) is 5.51. The SMILES string of the molecule is C=C(COCCC(F)(F)C(F)(F)S(=O)(=O)O)C(=O)OCCO. The van der Waals surface area contributed by atoms with E-state index < -0.39 is 53.5 Å². The van der Waals surface area contributed by atoms with Crippen LogP contribution in [0.5, 0.6) is 0 Å². The Hall–Kier alpha value is -1.24. The maximum absolute atomic E-state index is 13.0. The lowest BCUT2D eigenvalue weighted by molar-refractivity contribution is -0.170. The van der Waals surface area contributed by atoms with Crippen LogP contribution in [0.3, 0.4) is 0 Å². The minimum atomic E-state index is -6.29. The molecule has 0 saturated carbocycles. The number of rotatable bonds is 10. The molecule has 0 aliphatic rings. The predicted octanol–water partition coefficient (Wildman–Crippen LogP) is 0.601. The first-order chi connectivity index (χ1) is 9.87. The number of halogens is 4. The Bertz CT molecular complexity index is 503. The topological polar surface area (TPSA) is 110 Å². The van der Waals surface area contributed by atoms with Crippen LogP contribution in [0.25, 0.3) is 0 Å². The first-order valence-electron chi connectivity index (χ1n) is 5.63. The highest BCUT2D eigenvalue weighted by Gasteiger charge is 2.65. The Balaban J connectivity index is 4.36. The van der Waals surface area contributed by atoms with Crippen LogP contribution < -0.4 is 0 Å². The third-order valence-corrected chi connectivity index (χ3v) is 3.15. The molecule has 0 amide bonds. The fourth-order valence-electron chi connectivity index (χ4n) is 1.03. The molecule has 0 atom stereocenters. The summed E-state index contributed by atoms with van der Waals surface area (Å²) in [6.07, 6.45) is -1.72. The van der Waals surface area contributed by atoms with Crippen molar-refractivity contribution >= 4 is 16.1 Å². The van der Waals surface area contributed by atoms with Gasteiger partial charge in [-0.3, -0.25) is 4.55 Å². The van der Waals surface area contributed by atoms with Crippen LogP contribution in [0.2, 0.25) is 0 Å². The van der Waals surface area contributed by atoms with Crippen molar-refractivity contribution in [3.63, 3.8) is 0 Å². The number of aliphatic hydroxyl groups excluding tert-OH is 1. The standard InChI is InChI=1S/C10H14F4O7S/c1-7(8(16)21-5-3-15)6-20-4-2-9(11,12)10(13,14)22(17,18)19/h15H,1-6H2,(H,17,18,19). The van der Waals surface area contributed by atoms with Gasteiger partial charge in [-0.25, -0.2) is 4.79 Å². The van der Waals surface area contributed by atoms with E-state index in [1.165, 1.54) is 0 Å². The maximum Gasteiger partial charge on any atom is 0.431 e. The molecule has 130 valence electrons. The lowest BCUT2D eigenvalue weighted by Gasteiger charge is -2.23. The van der Waals surface area contributed by atoms with Gasteiger partial charge in [-0.1, -0.05) is 6.58 Å². The van der Waals surface area contributed by atoms with Crippen LogP contribution in [0.15, 0.2) is 12.2 Å². The molecule has 0 aromatic rings. The highest BCUT2D eigenvalue weighted by Crippen LogP contribution is 2.40. The molecular formula is C10H14F4O7S. The van der Waals surface area contributed by atoms with Gasteiger partial charge < -0.3 is 14.6 Å². The molecule has 7 nitrogen and oxygen atoms in total. The summed E-state index contributed by atoms with van der Waals surface area (Å²) in [7, 11) is -6.29. The van der Waals surface area contributed by atoms with Crippen LogP contribution in [-0.2, 0) is 24.4 Å². The zero-order valence-corrected chi connectivity index (χ0v) is 11.9. The summed E-state index contributed by atoms with van der Waals surface area (Å²) in [6.45, 7) is 0.742. The fraction of sp³-hybridized carbons (Fsp3) is 0.700. The van der Waals surface area contributed by atoms with Gasteiger partial charge >= 0.3 is 27.3 Å². The number of ether oxygens (including phenoxy) is 2. The van der Waals surface area contributed by atoms with Crippen molar-refractivity contribution in [2.75, 3.05) is 26.4 Å². The molecule has 0 fully saturated rings. The lowest BCUT2D eigenvalue weighted by atomic mass is 10.2. The molecule has 0 spiro atoms. The predicted molar refractivity (Wildman–Crippen MR) is 64.1 cm³/mol. The van der Waals surface area contributed by atoms with Gasteiger partial charge in [0.1, 0.15) is 6.61 Å². The average Bonchev–Trinajstić information content (AvgIpc) is 2.39. The number of alkyl halides is 4. The Morgan fingerprint density at radius 2 is 1.73 bits per heavy atom. The van der Waals surface area contributed by atoms with Crippen LogP contribution in [0.4, 0.5) is 17.6 Å². The van der Waals surface area contributed by atoms with Crippen molar-refractivity contribution in [1.29, 1.82) is 0 Å². The minimum absolute atomic E-state index is 0.321. The highest BCUT2D eigenvalue weighted by molar-refractivity contribution is 7.87. The van der Waals surface area contributed by atoms with Crippen molar-refractivity contribution < 1.29 is 49.9 Å². The number of esters is 1. The molecule has 0 aliphatic heterocycles.